The van der Waals surface area contributed by atoms with Crippen LogP contribution in [0.15, 0.2) is 24.3 Å². The second-order valence-electron chi connectivity index (χ2n) is 3.44. The van der Waals surface area contributed by atoms with Gasteiger partial charge in [0.15, 0.2) is 0 Å². The van der Waals surface area contributed by atoms with Crippen LogP contribution in [-0.2, 0) is 6.42 Å². The number of rotatable bonds is 4. The molecule has 2 rings (SSSR count). The molecule has 3 N–H and O–H groups in total. The highest BCUT2D eigenvalue weighted by atomic mass is 32.1. The zero-order chi connectivity index (χ0) is 11.4. The van der Waals surface area contributed by atoms with Crippen LogP contribution < -0.4 is 5.73 Å². The molecule has 0 radical (unpaired) electrons. The maximum absolute atomic E-state index is 9.36. The summed E-state index contributed by atoms with van der Waals surface area (Å²) in [4.78, 5) is 0. The number of hydrogen-bond donors (Lipinski definition) is 2. The van der Waals surface area contributed by atoms with Crippen LogP contribution in [0, 0.1) is 0 Å². The molecule has 0 unspecified atom stereocenters. The average molecular weight is 235 g/mol. The number of aryl methyl sites for hydroxylation is 1. The van der Waals surface area contributed by atoms with Gasteiger partial charge < -0.3 is 10.8 Å². The molecule has 0 spiro atoms. The Morgan fingerprint density at radius 2 is 2.19 bits per heavy atom. The number of phenolic OH excluding ortho intramolecular Hbond substituents is 1. The molecule has 0 aliphatic carbocycles. The molecule has 0 amide bonds. The maximum Gasteiger partial charge on any atom is 0.147 e. The topological polar surface area (TPSA) is 72.0 Å². The predicted octanol–water partition coefficient (Wildman–Crippen LogP) is 1.80. The van der Waals surface area contributed by atoms with E-state index in [9.17, 15) is 5.11 Å². The molecule has 0 saturated carbocycles. The first-order chi connectivity index (χ1) is 7.79. The molecular formula is C11H13N3OS. The number of benzene rings is 1. The van der Waals surface area contributed by atoms with Crippen molar-refractivity contribution in [3.05, 3.63) is 29.3 Å². The van der Waals surface area contributed by atoms with Crippen molar-refractivity contribution >= 4 is 11.3 Å². The average Bonchev–Trinajstić information content (AvgIpc) is 2.75. The Balaban J connectivity index is 2.18. The number of nitrogens with zero attached hydrogens (tertiary/aromatic N) is 2. The summed E-state index contributed by atoms with van der Waals surface area (Å²) in [7, 11) is 0. The maximum atomic E-state index is 9.36. The molecule has 1 heterocycles. The number of aromatic hydroxyl groups is 1. The van der Waals surface area contributed by atoms with E-state index >= 15 is 0 Å². The molecule has 2 aromatic rings. The number of nitrogens with two attached hydrogens (primary N) is 1. The monoisotopic (exact) mass is 235 g/mol. The fourth-order valence-corrected chi connectivity index (χ4v) is 2.24. The molecule has 0 saturated heterocycles. The minimum atomic E-state index is 0.246. The molecule has 0 aliphatic heterocycles. The third-order valence-electron chi connectivity index (χ3n) is 2.15. The van der Waals surface area contributed by atoms with Gasteiger partial charge in [-0.2, -0.15) is 0 Å². The van der Waals surface area contributed by atoms with Gasteiger partial charge in [-0.1, -0.05) is 23.5 Å². The molecule has 1 aromatic carbocycles. The lowest BCUT2D eigenvalue weighted by Gasteiger charge is -1.95. The third kappa shape index (κ3) is 2.56. The molecule has 0 atom stereocenters. The van der Waals surface area contributed by atoms with Gasteiger partial charge >= 0.3 is 0 Å². The predicted molar refractivity (Wildman–Crippen MR) is 64.4 cm³/mol. The zero-order valence-corrected chi connectivity index (χ0v) is 9.57. The fraction of sp³-hybridized carbons (Fsp3) is 0.273. The van der Waals surface area contributed by atoms with Crippen LogP contribution in [-0.4, -0.2) is 21.8 Å². The summed E-state index contributed by atoms with van der Waals surface area (Å²) in [6.07, 6.45) is 1.79. The van der Waals surface area contributed by atoms with Crippen LogP contribution in [0.4, 0.5) is 0 Å². The largest absolute Gasteiger partial charge is 0.508 e. The Hall–Kier alpha value is -1.46. The first kappa shape index (κ1) is 11.0. The lowest BCUT2D eigenvalue weighted by molar-refractivity contribution is 0.475. The molecule has 0 fully saturated rings. The SMILES string of the molecule is NCCCc1nnc(-c2cccc(O)c2)s1. The molecule has 4 nitrogen and oxygen atoms in total. The Morgan fingerprint density at radius 3 is 2.94 bits per heavy atom. The third-order valence-corrected chi connectivity index (χ3v) is 3.19. The van der Waals surface area contributed by atoms with Crippen molar-refractivity contribution in [2.24, 2.45) is 5.73 Å². The first-order valence-corrected chi connectivity index (χ1v) is 5.93. The fourth-order valence-electron chi connectivity index (χ4n) is 1.36. The summed E-state index contributed by atoms with van der Waals surface area (Å²) in [6, 6.07) is 7.03. The van der Waals surface area contributed by atoms with Crippen molar-refractivity contribution in [1.29, 1.82) is 0 Å². The second kappa shape index (κ2) is 5.05. The summed E-state index contributed by atoms with van der Waals surface area (Å²) in [5.41, 5.74) is 6.34. The van der Waals surface area contributed by atoms with E-state index in [1.165, 1.54) is 0 Å². The second-order valence-corrected chi connectivity index (χ2v) is 4.51. The van der Waals surface area contributed by atoms with Crippen molar-refractivity contribution in [2.75, 3.05) is 6.54 Å². The normalized spacial score (nSPS) is 10.6. The highest BCUT2D eigenvalue weighted by Gasteiger charge is 2.06. The Morgan fingerprint density at radius 1 is 1.31 bits per heavy atom. The minimum Gasteiger partial charge on any atom is -0.508 e. The van der Waals surface area contributed by atoms with E-state index in [1.807, 2.05) is 6.07 Å². The van der Waals surface area contributed by atoms with Crippen molar-refractivity contribution < 1.29 is 5.11 Å². The van der Waals surface area contributed by atoms with Crippen LogP contribution in [0.1, 0.15) is 11.4 Å². The van der Waals surface area contributed by atoms with Crippen LogP contribution in [0.2, 0.25) is 0 Å². The van der Waals surface area contributed by atoms with Crippen LogP contribution >= 0.6 is 11.3 Å². The molecule has 16 heavy (non-hydrogen) atoms. The molecule has 0 aliphatic rings. The van der Waals surface area contributed by atoms with Crippen LogP contribution in [0.3, 0.4) is 0 Å². The summed E-state index contributed by atoms with van der Waals surface area (Å²) < 4.78 is 0. The van der Waals surface area contributed by atoms with Gasteiger partial charge in [0, 0.05) is 12.0 Å². The van der Waals surface area contributed by atoms with E-state index in [4.69, 9.17) is 5.73 Å². The van der Waals surface area contributed by atoms with Gasteiger partial charge in [-0.05, 0) is 25.1 Å². The van der Waals surface area contributed by atoms with Gasteiger partial charge in [-0.15, -0.1) is 10.2 Å². The molecular weight excluding hydrogens is 222 g/mol. The zero-order valence-electron chi connectivity index (χ0n) is 8.76. The van der Waals surface area contributed by atoms with Crippen LogP contribution in [0.5, 0.6) is 5.75 Å². The molecule has 84 valence electrons. The van der Waals surface area contributed by atoms with Gasteiger partial charge in [-0.3, -0.25) is 0 Å². The van der Waals surface area contributed by atoms with E-state index in [1.54, 1.807) is 29.5 Å². The van der Waals surface area contributed by atoms with E-state index in [0.717, 1.165) is 28.4 Å². The number of aromatic nitrogens is 2. The quantitative estimate of drug-likeness (QED) is 0.847. The van der Waals surface area contributed by atoms with E-state index in [0.29, 0.717) is 6.54 Å². The standard InChI is InChI=1S/C11H13N3OS/c12-6-2-5-10-13-14-11(16-10)8-3-1-4-9(15)7-8/h1,3-4,7,15H,2,5-6,12H2. The summed E-state index contributed by atoms with van der Waals surface area (Å²) in [6.45, 7) is 0.668. The van der Waals surface area contributed by atoms with E-state index in [-0.39, 0.29) is 5.75 Å². The Bertz CT molecular complexity index is 470. The van der Waals surface area contributed by atoms with Crippen molar-refractivity contribution in [3.8, 4) is 16.3 Å². The Kier molecular flexibility index (Phi) is 3.48. The first-order valence-electron chi connectivity index (χ1n) is 5.11. The summed E-state index contributed by atoms with van der Waals surface area (Å²) in [5.74, 6) is 0.246. The van der Waals surface area contributed by atoms with Crippen molar-refractivity contribution in [1.82, 2.24) is 10.2 Å². The molecule has 5 heteroatoms. The highest BCUT2D eigenvalue weighted by molar-refractivity contribution is 7.14. The summed E-state index contributed by atoms with van der Waals surface area (Å²) >= 11 is 1.55. The van der Waals surface area contributed by atoms with Gasteiger partial charge in [0.25, 0.3) is 0 Å². The minimum absolute atomic E-state index is 0.246. The summed E-state index contributed by atoms with van der Waals surface area (Å²) in [5, 5.41) is 19.4. The molecule has 1 aromatic heterocycles. The van der Waals surface area contributed by atoms with Gasteiger partial charge in [0.2, 0.25) is 0 Å². The molecule has 0 bridgehead atoms. The highest BCUT2D eigenvalue weighted by Crippen LogP contribution is 2.26. The number of hydrogen-bond acceptors (Lipinski definition) is 5. The van der Waals surface area contributed by atoms with Gasteiger partial charge in [0.1, 0.15) is 15.8 Å². The lowest BCUT2D eigenvalue weighted by Crippen LogP contribution is -1.99. The Labute approximate surface area is 97.8 Å². The number of phenols is 1. The van der Waals surface area contributed by atoms with E-state index in [2.05, 4.69) is 10.2 Å². The smallest absolute Gasteiger partial charge is 0.147 e. The van der Waals surface area contributed by atoms with Crippen molar-refractivity contribution in [3.63, 3.8) is 0 Å². The van der Waals surface area contributed by atoms with E-state index < -0.39 is 0 Å². The van der Waals surface area contributed by atoms with Crippen LogP contribution in [0.25, 0.3) is 10.6 Å². The van der Waals surface area contributed by atoms with Gasteiger partial charge in [-0.25, -0.2) is 0 Å². The van der Waals surface area contributed by atoms with Crippen molar-refractivity contribution in [2.45, 2.75) is 12.8 Å². The van der Waals surface area contributed by atoms with Gasteiger partial charge in [0.05, 0.1) is 0 Å². The lowest BCUT2D eigenvalue weighted by atomic mass is 10.2.